The molecule has 0 unspecified atom stereocenters. The number of hydrogen-bond donors (Lipinski definition) is 1. The lowest BCUT2D eigenvalue weighted by atomic mass is 9.98. The van der Waals surface area contributed by atoms with Crippen molar-refractivity contribution in [1.82, 2.24) is 4.31 Å². The van der Waals surface area contributed by atoms with Gasteiger partial charge in [-0.2, -0.15) is 4.31 Å². The predicted octanol–water partition coefficient (Wildman–Crippen LogP) is 4.48. The lowest BCUT2D eigenvalue weighted by Crippen LogP contribution is -2.43. The van der Waals surface area contributed by atoms with E-state index >= 15 is 0 Å². The summed E-state index contributed by atoms with van der Waals surface area (Å²) < 4.78 is 40.7. The average molecular weight is 445 g/mol. The number of anilines is 1. The molecule has 5 nitrogen and oxygen atoms in total. The van der Waals surface area contributed by atoms with Crippen LogP contribution in [0.1, 0.15) is 18.4 Å². The number of piperidine rings is 1. The van der Waals surface area contributed by atoms with Crippen LogP contribution in [-0.4, -0.2) is 31.7 Å². The van der Waals surface area contributed by atoms with Crippen molar-refractivity contribution in [1.29, 1.82) is 0 Å². The van der Waals surface area contributed by atoms with Crippen LogP contribution in [0.4, 0.5) is 10.1 Å². The number of rotatable bonds is 4. The molecule has 1 fully saturated rings. The maximum absolute atomic E-state index is 13.5. The maximum Gasteiger partial charge on any atom is 0.244 e. The van der Waals surface area contributed by atoms with Crippen molar-refractivity contribution in [3.63, 3.8) is 0 Å². The zero-order valence-electron chi connectivity index (χ0n) is 15.1. The first kappa shape index (κ1) is 21.0. The molecule has 1 N–H and O–H groups in total. The quantitative estimate of drug-likeness (QED) is 0.755. The van der Waals surface area contributed by atoms with Crippen LogP contribution in [0, 0.1) is 18.7 Å². The lowest BCUT2D eigenvalue weighted by Gasteiger charge is -2.31. The average Bonchev–Trinajstić information content (AvgIpc) is 2.66. The van der Waals surface area contributed by atoms with Gasteiger partial charge in [-0.3, -0.25) is 4.79 Å². The summed E-state index contributed by atoms with van der Waals surface area (Å²) in [6.45, 7) is 2.06. The number of amides is 1. The largest absolute Gasteiger partial charge is 0.325 e. The normalized spacial score (nSPS) is 18.1. The van der Waals surface area contributed by atoms with Crippen molar-refractivity contribution in [2.75, 3.05) is 18.4 Å². The van der Waals surface area contributed by atoms with Gasteiger partial charge >= 0.3 is 0 Å². The minimum Gasteiger partial charge on any atom is -0.325 e. The zero-order chi connectivity index (χ0) is 20.5. The van der Waals surface area contributed by atoms with Crippen molar-refractivity contribution in [2.45, 2.75) is 24.7 Å². The van der Waals surface area contributed by atoms with Crippen molar-refractivity contribution in [2.24, 2.45) is 5.92 Å². The van der Waals surface area contributed by atoms with Gasteiger partial charge in [-0.15, -0.1) is 0 Å². The van der Waals surface area contributed by atoms with Crippen LogP contribution in [0.15, 0.2) is 41.3 Å². The molecule has 1 atom stereocenters. The fraction of sp³-hybridized carbons (Fsp3) is 0.316. The van der Waals surface area contributed by atoms with Crippen molar-refractivity contribution >= 4 is 44.8 Å². The van der Waals surface area contributed by atoms with Gasteiger partial charge in [0.2, 0.25) is 15.9 Å². The zero-order valence-corrected chi connectivity index (χ0v) is 17.4. The standard InChI is InChI=1S/C19H19Cl2FN2O3S/c1-12-4-6-15(22)10-17(12)23-19(25)13-3-2-8-24(11-13)28(26,27)18-9-14(20)5-7-16(18)21/h4-7,9-10,13H,2-3,8,11H2,1H3,(H,23,25)/t13-/m1/s1. The first-order chi connectivity index (χ1) is 13.2. The smallest absolute Gasteiger partial charge is 0.244 e. The van der Waals surface area contributed by atoms with Crippen LogP contribution in [0.5, 0.6) is 0 Å². The molecule has 1 amide bonds. The summed E-state index contributed by atoms with van der Waals surface area (Å²) in [4.78, 5) is 12.6. The highest BCUT2D eigenvalue weighted by Crippen LogP contribution is 2.31. The second-order valence-corrected chi connectivity index (χ2v) is 9.48. The van der Waals surface area contributed by atoms with Crippen LogP contribution >= 0.6 is 23.2 Å². The van der Waals surface area contributed by atoms with Crippen molar-refractivity contribution in [3.05, 3.63) is 57.8 Å². The third kappa shape index (κ3) is 4.49. The SMILES string of the molecule is Cc1ccc(F)cc1NC(=O)[C@@H]1CCCN(S(=O)(=O)c2cc(Cl)ccc2Cl)C1. The monoisotopic (exact) mass is 444 g/mol. The number of benzene rings is 2. The van der Waals surface area contributed by atoms with E-state index in [2.05, 4.69) is 5.32 Å². The summed E-state index contributed by atoms with van der Waals surface area (Å²) in [5.41, 5.74) is 1.10. The molecule has 9 heteroatoms. The van der Waals surface area contributed by atoms with Crippen LogP contribution in [0.2, 0.25) is 10.0 Å². The molecule has 0 aromatic heterocycles. The van der Waals surface area contributed by atoms with Gasteiger partial charge in [0.15, 0.2) is 0 Å². The van der Waals surface area contributed by atoms with Gasteiger partial charge in [-0.25, -0.2) is 12.8 Å². The molecule has 1 saturated heterocycles. The Balaban J connectivity index is 1.79. The van der Waals surface area contributed by atoms with E-state index in [4.69, 9.17) is 23.2 Å². The number of nitrogens with one attached hydrogen (secondary N) is 1. The molecule has 1 aliphatic rings. The number of hydrogen-bond acceptors (Lipinski definition) is 3. The molecule has 2 aromatic carbocycles. The minimum absolute atomic E-state index is 0.0192. The van der Waals surface area contributed by atoms with Gasteiger partial charge in [0.05, 0.1) is 10.9 Å². The van der Waals surface area contributed by atoms with Crippen LogP contribution in [0.3, 0.4) is 0 Å². The molecular formula is C19H19Cl2FN2O3S. The summed E-state index contributed by atoms with van der Waals surface area (Å²) in [5.74, 6) is -1.35. The van der Waals surface area contributed by atoms with Crippen LogP contribution in [0.25, 0.3) is 0 Å². The molecule has 1 aliphatic heterocycles. The first-order valence-electron chi connectivity index (χ1n) is 8.70. The Morgan fingerprint density at radius 1 is 1.21 bits per heavy atom. The van der Waals surface area contributed by atoms with E-state index in [9.17, 15) is 17.6 Å². The number of carbonyl (C=O) groups excluding carboxylic acids is 1. The van der Waals surface area contributed by atoms with E-state index in [-0.39, 0.29) is 33.9 Å². The van der Waals surface area contributed by atoms with Crippen molar-refractivity contribution < 1.29 is 17.6 Å². The molecule has 28 heavy (non-hydrogen) atoms. The summed E-state index contributed by atoms with van der Waals surface area (Å²) in [6.07, 6.45) is 1.06. The predicted molar refractivity (Wildman–Crippen MR) is 108 cm³/mol. The van der Waals surface area contributed by atoms with E-state index in [1.54, 1.807) is 13.0 Å². The number of halogens is 3. The molecular weight excluding hydrogens is 426 g/mol. The number of carbonyl (C=O) groups is 1. The van der Waals surface area contributed by atoms with Gasteiger partial charge in [-0.05, 0) is 55.7 Å². The lowest BCUT2D eigenvalue weighted by molar-refractivity contribution is -0.120. The van der Waals surface area contributed by atoms with Gasteiger partial charge < -0.3 is 5.32 Å². The third-order valence-corrected chi connectivity index (χ3v) is 7.31. The van der Waals surface area contributed by atoms with E-state index < -0.39 is 21.8 Å². The molecule has 2 aromatic rings. The van der Waals surface area contributed by atoms with Crippen molar-refractivity contribution in [3.8, 4) is 0 Å². The maximum atomic E-state index is 13.5. The molecule has 0 aliphatic carbocycles. The fourth-order valence-electron chi connectivity index (χ4n) is 3.15. The third-order valence-electron chi connectivity index (χ3n) is 4.72. The molecule has 0 saturated carbocycles. The highest BCUT2D eigenvalue weighted by Gasteiger charge is 2.34. The summed E-state index contributed by atoms with van der Waals surface area (Å²) in [6, 6.07) is 8.38. The molecule has 0 spiro atoms. The summed E-state index contributed by atoms with van der Waals surface area (Å²) >= 11 is 12.0. The number of aryl methyl sites for hydroxylation is 1. The topological polar surface area (TPSA) is 66.5 Å². The van der Waals surface area contributed by atoms with Gasteiger partial charge in [0.1, 0.15) is 10.7 Å². The molecule has 0 bridgehead atoms. The second kappa shape index (κ2) is 8.37. The first-order valence-corrected chi connectivity index (χ1v) is 10.9. The second-order valence-electron chi connectivity index (χ2n) is 6.73. The highest BCUT2D eigenvalue weighted by atomic mass is 35.5. The Bertz CT molecular complexity index is 1010. The van der Waals surface area contributed by atoms with E-state index in [0.29, 0.717) is 18.5 Å². The Kier molecular flexibility index (Phi) is 6.29. The Hall–Kier alpha value is -1.67. The van der Waals surface area contributed by atoms with E-state index in [1.807, 2.05) is 0 Å². The summed E-state index contributed by atoms with van der Waals surface area (Å²) in [5, 5.41) is 3.04. The fourth-order valence-corrected chi connectivity index (χ4v) is 5.41. The molecule has 0 radical (unpaired) electrons. The van der Waals surface area contributed by atoms with Gasteiger partial charge in [0.25, 0.3) is 0 Å². The van der Waals surface area contributed by atoms with Gasteiger partial charge in [-0.1, -0.05) is 29.3 Å². The molecule has 3 rings (SSSR count). The van der Waals surface area contributed by atoms with Gasteiger partial charge in [0, 0.05) is 23.8 Å². The van der Waals surface area contributed by atoms with Crippen LogP contribution in [-0.2, 0) is 14.8 Å². The Morgan fingerprint density at radius 3 is 2.71 bits per heavy atom. The molecule has 1 heterocycles. The minimum atomic E-state index is -3.89. The van der Waals surface area contributed by atoms with Crippen LogP contribution < -0.4 is 5.32 Å². The van der Waals surface area contributed by atoms with E-state index in [1.165, 1.54) is 34.6 Å². The Labute approximate surface area is 173 Å². The Morgan fingerprint density at radius 2 is 1.96 bits per heavy atom. The molecule has 150 valence electrons. The summed E-state index contributed by atoms with van der Waals surface area (Å²) in [7, 11) is -3.89. The van der Waals surface area contributed by atoms with E-state index in [0.717, 1.165) is 5.56 Å². The number of nitrogens with zero attached hydrogens (tertiary/aromatic N) is 1. The highest BCUT2D eigenvalue weighted by molar-refractivity contribution is 7.89. The number of sulfonamides is 1.